The highest BCUT2D eigenvalue weighted by Crippen LogP contribution is 2.32. The van der Waals surface area contributed by atoms with E-state index in [1.165, 1.54) is 22.3 Å². The van der Waals surface area contributed by atoms with Crippen LogP contribution in [0.25, 0.3) is 0 Å². The van der Waals surface area contributed by atoms with Crippen LogP contribution in [0.1, 0.15) is 34.7 Å². The van der Waals surface area contributed by atoms with E-state index < -0.39 is 0 Å². The second kappa shape index (κ2) is 6.42. The van der Waals surface area contributed by atoms with Gasteiger partial charge in [-0.05, 0) is 42.9 Å². The van der Waals surface area contributed by atoms with Gasteiger partial charge >= 0.3 is 0 Å². The van der Waals surface area contributed by atoms with Crippen LogP contribution in [0.5, 0.6) is 0 Å². The van der Waals surface area contributed by atoms with Gasteiger partial charge in [0.25, 0.3) is 0 Å². The monoisotopic (exact) mass is 281 g/mol. The van der Waals surface area contributed by atoms with Crippen LogP contribution in [0.4, 0.5) is 0 Å². The van der Waals surface area contributed by atoms with Crippen LogP contribution in [0.15, 0.2) is 48.5 Å². The summed E-state index contributed by atoms with van der Waals surface area (Å²) in [5.41, 5.74) is 5.45. The van der Waals surface area contributed by atoms with Crippen molar-refractivity contribution < 1.29 is 5.11 Å². The summed E-state index contributed by atoms with van der Waals surface area (Å²) in [6.07, 6.45) is 3.13. The molecule has 2 aromatic rings. The summed E-state index contributed by atoms with van der Waals surface area (Å²) in [4.78, 5) is 0. The first-order valence-electron chi connectivity index (χ1n) is 7.76. The number of hydrogen-bond acceptors (Lipinski definition) is 2. The molecule has 2 heteroatoms. The third kappa shape index (κ3) is 3.34. The second-order valence-corrected chi connectivity index (χ2v) is 6.03. The zero-order chi connectivity index (χ0) is 14.7. The Labute approximate surface area is 126 Å². The van der Waals surface area contributed by atoms with Crippen molar-refractivity contribution in [2.75, 3.05) is 6.61 Å². The number of fused-ring (bicyclic) bond motifs is 1. The molecular weight excluding hydrogens is 258 g/mol. The Bertz CT molecular complexity index is 594. The summed E-state index contributed by atoms with van der Waals surface area (Å²) in [7, 11) is 0. The van der Waals surface area contributed by atoms with Crippen LogP contribution in [0.3, 0.4) is 0 Å². The average Bonchev–Trinajstić information content (AvgIpc) is 2.90. The highest BCUT2D eigenvalue weighted by atomic mass is 16.3. The van der Waals surface area contributed by atoms with Crippen LogP contribution in [-0.4, -0.2) is 17.8 Å². The molecule has 1 unspecified atom stereocenters. The van der Waals surface area contributed by atoms with Gasteiger partial charge in [0.2, 0.25) is 0 Å². The average molecular weight is 281 g/mol. The first kappa shape index (κ1) is 14.3. The van der Waals surface area contributed by atoms with Gasteiger partial charge < -0.3 is 10.4 Å². The van der Waals surface area contributed by atoms with E-state index in [9.17, 15) is 5.11 Å². The number of aryl methyl sites for hydroxylation is 2. The first-order valence-corrected chi connectivity index (χ1v) is 7.76. The van der Waals surface area contributed by atoms with E-state index in [0.29, 0.717) is 6.04 Å². The maximum Gasteiger partial charge on any atom is 0.0588 e. The Morgan fingerprint density at radius 1 is 1.19 bits per heavy atom. The third-order valence-corrected chi connectivity index (χ3v) is 4.36. The lowest BCUT2D eigenvalue weighted by atomic mass is 10.0. The van der Waals surface area contributed by atoms with Gasteiger partial charge in [0.1, 0.15) is 0 Å². The molecule has 1 aliphatic carbocycles. The van der Waals surface area contributed by atoms with Gasteiger partial charge in [-0.15, -0.1) is 0 Å². The summed E-state index contributed by atoms with van der Waals surface area (Å²) in [5.74, 6) is 0. The van der Waals surface area contributed by atoms with E-state index in [4.69, 9.17) is 0 Å². The molecule has 0 heterocycles. The number of benzene rings is 2. The summed E-state index contributed by atoms with van der Waals surface area (Å²) in [5, 5.41) is 13.3. The minimum atomic E-state index is 0.115. The lowest BCUT2D eigenvalue weighted by Gasteiger charge is -2.22. The molecule has 0 fully saturated rings. The topological polar surface area (TPSA) is 32.3 Å². The van der Waals surface area contributed by atoms with Gasteiger partial charge in [-0.25, -0.2) is 0 Å². The Morgan fingerprint density at radius 2 is 2.00 bits per heavy atom. The van der Waals surface area contributed by atoms with Gasteiger partial charge in [0.15, 0.2) is 0 Å². The molecule has 21 heavy (non-hydrogen) atoms. The highest BCUT2D eigenvalue weighted by Gasteiger charge is 2.24. The van der Waals surface area contributed by atoms with Crippen molar-refractivity contribution in [3.63, 3.8) is 0 Å². The summed E-state index contributed by atoms with van der Waals surface area (Å²) >= 11 is 0. The van der Waals surface area contributed by atoms with Crippen LogP contribution in [0.2, 0.25) is 0 Å². The summed E-state index contributed by atoms with van der Waals surface area (Å²) in [6, 6.07) is 17.6. The van der Waals surface area contributed by atoms with E-state index in [2.05, 4.69) is 54.7 Å². The second-order valence-electron chi connectivity index (χ2n) is 6.03. The molecule has 0 amide bonds. The number of aliphatic hydroxyl groups excluding tert-OH is 1. The zero-order valence-electron chi connectivity index (χ0n) is 12.5. The minimum Gasteiger partial charge on any atom is -0.395 e. The van der Waals surface area contributed by atoms with E-state index in [-0.39, 0.29) is 12.6 Å². The summed E-state index contributed by atoms with van der Waals surface area (Å²) < 4.78 is 0. The number of nitrogens with one attached hydrogen (secondary N) is 1. The molecule has 0 aromatic heterocycles. The van der Waals surface area contributed by atoms with Gasteiger partial charge in [0, 0.05) is 12.1 Å². The van der Waals surface area contributed by atoms with Crippen LogP contribution >= 0.6 is 0 Å². The number of hydrogen-bond donors (Lipinski definition) is 2. The van der Waals surface area contributed by atoms with Gasteiger partial charge in [-0.2, -0.15) is 0 Å². The van der Waals surface area contributed by atoms with Crippen molar-refractivity contribution in [1.29, 1.82) is 0 Å². The highest BCUT2D eigenvalue weighted by molar-refractivity contribution is 5.37. The van der Waals surface area contributed by atoms with Crippen molar-refractivity contribution in [3.05, 3.63) is 70.8 Å². The standard InChI is InChI=1S/C19H23NO/c1-14-7-8-16-9-10-19(18(16)11-14)20-17(13-21)12-15-5-3-2-4-6-15/h2-8,11,17,19-21H,9-10,12-13H2,1H3/t17-,19?/m1/s1. The largest absolute Gasteiger partial charge is 0.395 e. The van der Waals surface area contributed by atoms with Crippen LogP contribution in [0, 0.1) is 6.92 Å². The quantitative estimate of drug-likeness (QED) is 0.882. The normalized spacial score (nSPS) is 18.5. The molecule has 0 saturated carbocycles. The Hall–Kier alpha value is -1.64. The van der Waals surface area contributed by atoms with E-state index >= 15 is 0 Å². The maximum atomic E-state index is 9.69. The predicted octanol–water partition coefficient (Wildman–Crippen LogP) is 3.18. The predicted molar refractivity (Wildman–Crippen MR) is 86.4 cm³/mol. The fourth-order valence-corrected chi connectivity index (χ4v) is 3.25. The molecule has 110 valence electrons. The smallest absolute Gasteiger partial charge is 0.0588 e. The molecule has 0 bridgehead atoms. The van der Waals surface area contributed by atoms with Gasteiger partial charge in [0.05, 0.1) is 6.61 Å². The molecule has 2 atom stereocenters. The van der Waals surface area contributed by atoms with Crippen LogP contribution < -0.4 is 5.32 Å². The first-order chi connectivity index (χ1) is 10.3. The molecular formula is C19H23NO. The molecule has 1 aliphatic rings. The van der Waals surface area contributed by atoms with Crippen molar-refractivity contribution in [1.82, 2.24) is 5.32 Å². The lowest BCUT2D eigenvalue weighted by molar-refractivity contribution is 0.230. The molecule has 0 spiro atoms. The maximum absolute atomic E-state index is 9.69. The van der Waals surface area contributed by atoms with Crippen LogP contribution in [-0.2, 0) is 12.8 Å². The van der Waals surface area contributed by atoms with Crippen molar-refractivity contribution in [2.24, 2.45) is 0 Å². The minimum absolute atomic E-state index is 0.115. The molecule has 2 nitrogen and oxygen atoms in total. The SMILES string of the molecule is Cc1ccc2c(c1)C(N[C@@H](CO)Cc1ccccc1)CC2. The lowest BCUT2D eigenvalue weighted by Crippen LogP contribution is -2.36. The van der Waals surface area contributed by atoms with E-state index in [1.807, 2.05) is 6.07 Å². The Balaban J connectivity index is 1.70. The number of rotatable bonds is 5. The van der Waals surface area contributed by atoms with Crippen molar-refractivity contribution >= 4 is 0 Å². The molecule has 2 aromatic carbocycles. The molecule has 0 radical (unpaired) electrons. The molecule has 0 aliphatic heterocycles. The Morgan fingerprint density at radius 3 is 2.76 bits per heavy atom. The van der Waals surface area contributed by atoms with E-state index in [0.717, 1.165) is 19.3 Å². The van der Waals surface area contributed by atoms with E-state index in [1.54, 1.807) is 0 Å². The fraction of sp³-hybridized carbons (Fsp3) is 0.368. The Kier molecular flexibility index (Phi) is 4.37. The molecule has 2 N–H and O–H groups in total. The number of aliphatic hydroxyl groups is 1. The molecule has 0 saturated heterocycles. The third-order valence-electron chi connectivity index (χ3n) is 4.36. The fourth-order valence-electron chi connectivity index (χ4n) is 3.25. The van der Waals surface area contributed by atoms with Crippen molar-refractivity contribution in [3.8, 4) is 0 Å². The zero-order valence-corrected chi connectivity index (χ0v) is 12.5. The van der Waals surface area contributed by atoms with Crippen molar-refractivity contribution in [2.45, 2.75) is 38.3 Å². The molecule has 3 rings (SSSR count). The van der Waals surface area contributed by atoms with Gasteiger partial charge in [-0.1, -0.05) is 54.1 Å². The summed E-state index contributed by atoms with van der Waals surface area (Å²) in [6.45, 7) is 2.32. The van der Waals surface area contributed by atoms with Gasteiger partial charge in [-0.3, -0.25) is 0 Å².